The number of piperidine rings is 2. The SMILES string of the molecule is CN1CC(NC2CC3CCC(C2)N3C)CCC1=O. The maximum atomic E-state index is 11.5. The van der Waals surface area contributed by atoms with Gasteiger partial charge in [0.15, 0.2) is 0 Å². The van der Waals surface area contributed by atoms with Gasteiger partial charge in [0.1, 0.15) is 0 Å². The molecule has 0 aromatic rings. The number of likely N-dealkylation sites (tertiary alicyclic amines) is 1. The first-order valence-corrected chi connectivity index (χ1v) is 7.35. The Bertz CT molecular complexity index is 319. The fraction of sp³-hybridized carbons (Fsp3) is 0.929. The number of carbonyl (C=O) groups excluding carboxylic acids is 1. The quantitative estimate of drug-likeness (QED) is 0.789. The molecule has 4 heteroatoms. The average Bonchev–Trinajstić information content (AvgIpc) is 2.58. The van der Waals surface area contributed by atoms with Gasteiger partial charge in [0.05, 0.1) is 0 Å². The lowest BCUT2D eigenvalue weighted by atomic mass is 9.95. The molecule has 3 atom stereocenters. The molecule has 0 aromatic heterocycles. The largest absolute Gasteiger partial charge is 0.344 e. The van der Waals surface area contributed by atoms with Crippen molar-refractivity contribution < 1.29 is 4.79 Å². The summed E-state index contributed by atoms with van der Waals surface area (Å²) in [4.78, 5) is 15.9. The van der Waals surface area contributed by atoms with Gasteiger partial charge in [0, 0.05) is 44.2 Å². The van der Waals surface area contributed by atoms with E-state index in [1.54, 1.807) is 0 Å². The fourth-order valence-electron chi connectivity index (χ4n) is 4.03. The van der Waals surface area contributed by atoms with Crippen LogP contribution in [-0.4, -0.2) is 60.5 Å². The Morgan fingerprint density at radius 1 is 1.06 bits per heavy atom. The van der Waals surface area contributed by atoms with Crippen LogP contribution in [0.4, 0.5) is 0 Å². The van der Waals surface area contributed by atoms with E-state index in [1.807, 2.05) is 11.9 Å². The standard InChI is InChI=1S/C14H25N3O/c1-16-9-10(3-6-14(16)18)15-11-7-12-4-5-13(8-11)17(12)2/h10-13,15H,3-9H2,1-2H3. The molecule has 3 aliphatic heterocycles. The summed E-state index contributed by atoms with van der Waals surface area (Å²) in [5.74, 6) is 0.302. The van der Waals surface area contributed by atoms with Crippen LogP contribution in [-0.2, 0) is 4.79 Å². The van der Waals surface area contributed by atoms with Crippen LogP contribution in [0.25, 0.3) is 0 Å². The highest BCUT2D eigenvalue weighted by molar-refractivity contribution is 5.76. The van der Waals surface area contributed by atoms with E-state index in [-0.39, 0.29) is 0 Å². The Morgan fingerprint density at radius 3 is 2.33 bits per heavy atom. The highest BCUT2D eigenvalue weighted by Crippen LogP contribution is 2.34. The fourth-order valence-corrected chi connectivity index (χ4v) is 4.03. The van der Waals surface area contributed by atoms with Gasteiger partial charge in [0.2, 0.25) is 5.91 Å². The van der Waals surface area contributed by atoms with Gasteiger partial charge in [-0.3, -0.25) is 4.79 Å². The lowest BCUT2D eigenvalue weighted by Crippen LogP contribution is -2.54. The van der Waals surface area contributed by atoms with Crippen molar-refractivity contribution in [2.45, 2.75) is 62.7 Å². The van der Waals surface area contributed by atoms with Crippen LogP contribution < -0.4 is 5.32 Å². The lowest BCUT2D eigenvalue weighted by Gasteiger charge is -2.40. The Hall–Kier alpha value is -0.610. The predicted octanol–water partition coefficient (Wildman–Crippen LogP) is 0.822. The number of fused-ring (bicyclic) bond motifs is 2. The monoisotopic (exact) mass is 251 g/mol. The van der Waals surface area contributed by atoms with Crippen molar-refractivity contribution in [3.63, 3.8) is 0 Å². The molecule has 0 spiro atoms. The maximum absolute atomic E-state index is 11.5. The molecule has 0 saturated carbocycles. The van der Waals surface area contributed by atoms with Gasteiger partial charge in [-0.05, 0) is 39.2 Å². The van der Waals surface area contributed by atoms with E-state index in [1.165, 1.54) is 25.7 Å². The smallest absolute Gasteiger partial charge is 0.222 e. The number of hydrogen-bond acceptors (Lipinski definition) is 3. The molecule has 0 aromatic carbocycles. The molecule has 3 fully saturated rings. The van der Waals surface area contributed by atoms with Crippen LogP contribution in [0.1, 0.15) is 38.5 Å². The minimum absolute atomic E-state index is 0.302. The van der Waals surface area contributed by atoms with Gasteiger partial charge in [-0.2, -0.15) is 0 Å². The number of nitrogens with zero attached hydrogens (tertiary/aromatic N) is 2. The molecule has 2 bridgehead atoms. The third kappa shape index (κ3) is 2.28. The molecule has 3 unspecified atom stereocenters. The molecular formula is C14H25N3O. The van der Waals surface area contributed by atoms with E-state index < -0.39 is 0 Å². The zero-order valence-electron chi connectivity index (χ0n) is 11.6. The molecule has 102 valence electrons. The summed E-state index contributed by atoms with van der Waals surface area (Å²) in [5.41, 5.74) is 0. The number of hydrogen-bond donors (Lipinski definition) is 1. The summed E-state index contributed by atoms with van der Waals surface area (Å²) in [7, 11) is 4.21. The van der Waals surface area contributed by atoms with Crippen molar-refractivity contribution in [2.24, 2.45) is 0 Å². The second-order valence-electron chi connectivity index (χ2n) is 6.40. The normalized spacial score (nSPS) is 41.4. The zero-order valence-corrected chi connectivity index (χ0v) is 11.6. The lowest BCUT2D eigenvalue weighted by molar-refractivity contribution is -0.132. The number of rotatable bonds is 2. The molecule has 18 heavy (non-hydrogen) atoms. The van der Waals surface area contributed by atoms with Crippen LogP contribution in [0.3, 0.4) is 0 Å². The molecular weight excluding hydrogens is 226 g/mol. The third-order valence-electron chi connectivity index (χ3n) is 5.20. The van der Waals surface area contributed by atoms with Crippen LogP contribution in [0, 0.1) is 0 Å². The number of carbonyl (C=O) groups is 1. The molecule has 4 nitrogen and oxygen atoms in total. The first-order chi connectivity index (χ1) is 8.63. The molecule has 0 radical (unpaired) electrons. The van der Waals surface area contributed by atoms with Gasteiger partial charge >= 0.3 is 0 Å². The van der Waals surface area contributed by atoms with Crippen LogP contribution >= 0.6 is 0 Å². The summed E-state index contributed by atoms with van der Waals surface area (Å²) < 4.78 is 0. The van der Waals surface area contributed by atoms with Crippen molar-refractivity contribution >= 4 is 5.91 Å². The highest BCUT2D eigenvalue weighted by atomic mass is 16.2. The van der Waals surface area contributed by atoms with Crippen molar-refractivity contribution in [2.75, 3.05) is 20.6 Å². The van der Waals surface area contributed by atoms with E-state index in [9.17, 15) is 4.79 Å². The van der Waals surface area contributed by atoms with E-state index >= 15 is 0 Å². The third-order valence-corrected chi connectivity index (χ3v) is 5.20. The summed E-state index contributed by atoms with van der Waals surface area (Å²) in [6, 6.07) is 2.78. The molecule has 3 aliphatic rings. The van der Waals surface area contributed by atoms with Gasteiger partial charge in [-0.15, -0.1) is 0 Å². The maximum Gasteiger partial charge on any atom is 0.222 e. The van der Waals surface area contributed by atoms with Gasteiger partial charge in [-0.25, -0.2) is 0 Å². The highest BCUT2D eigenvalue weighted by Gasteiger charge is 2.39. The molecule has 1 amide bonds. The topological polar surface area (TPSA) is 35.6 Å². The molecule has 0 aliphatic carbocycles. The minimum atomic E-state index is 0.302. The second-order valence-corrected chi connectivity index (χ2v) is 6.40. The second kappa shape index (κ2) is 4.82. The van der Waals surface area contributed by atoms with Crippen LogP contribution in [0.2, 0.25) is 0 Å². The van der Waals surface area contributed by atoms with Crippen molar-refractivity contribution in [1.82, 2.24) is 15.1 Å². The summed E-state index contributed by atoms with van der Waals surface area (Å²) in [6.07, 6.45) is 7.08. The van der Waals surface area contributed by atoms with Crippen molar-refractivity contribution in [3.05, 3.63) is 0 Å². The first kappa shape index (κ1) is 12.4. The van der Waals surface area contributed by atoms with E-state index in [4.69, 9.17) is 0 Å². The Balaban J connectivity index is 1.53. The predicted molar refractivity (Wildman–Crippen MR) is 71.4 cm³/mol. The summed E-state index contributed by atoms with van der Waals surface area (Å²) in [6.45, 7) is 0.889. The number of likely N-dealkylation sites (N-methyl/N-ethyl adjacent to an activating group) is 1. The molecule has 3 rings (SSSR count). The van der Waals surface area contributed by atoms with Gasteiger partial charge in [0.25, 0.3) is 0 Å². The van der Waals surface area contributed by atoms with E-state index in [0.29, 0.717) is 24.4 Å². The average molecular weight is 251 g/mol. The van der Waals surface area contributed by atoms with Crippen molar-refractivity contribution in [1.29, 1.82) is 0 Å². The van der Waals surface area contributed by atoms with E-state index in [2.05, 4.69) is 17.3 Å². The van der Waals surface area contributed by atoms with Crippen molar-refractivity contribution in [3.8, 4) is 0 Å². The molecule has 1 N–H and O–H groups in total. The number of nitrogens with one attached hydrogen (secondary N) is 1. The Kier molecular flexibility index (Phi) is 3.32. The molecule has 3 heterocycles. The van der Waals surface area contributed by atoms with Gasteiger partial charge in [-0.1, -0.05) is 0 Å². The first-order valence-electron chi connectivity index (χ1n) is 7.35. The zero-order chi connectivity index (χ0) is 12.7. The van der Waals surface area contributed by atoms with Gasteiger partial charge < -0.3 is 15.1 Å². The van der Waals surface area contributed by atoms with Crippen LogP contribution in [0.15, 0.2) is 0 Å². The molecule has 3 saturated heterocycles. The minimum Gasteiger partial charge on any atom is -0.344 e. The number of amides is 1. The summed E-state index contributed by atoms with van der Waals surface area (Å²) >= 11 is 0. The Labute approximate surface area is 110 Å². The van der Waals surface area contributed by atoms with E-state index in [0.717, 1.165) is 25.0 Å². The summed E-state index contributed by atoms with van der Waals surface area (Å²) in [5, 5.41) is 3.81. The Morgan fingerprint density at radius 2 is 1.72 bits per heavy atom. The van der Waals surface area contributed by atoms with Crippen LogP contribution in [0.5, 0.6) is 0 Å².